The summed E-state index contributed by atoms with van der Waals surface area (Å²) in [6, 6.07) is 8.09. The number of aryl methyl sites for hydroxylation is 3. The Morgan fingerprint density at radius 1 is 1.14 bits per heavy atom. The van der Waals surface area contributed by atoms with Gasteiger partial charge in [-0.2, -0.15) is 0 Å². The van der Waals surface area contributed by atoms with E-state index in [9.17, 15) is 5.11 Å². The van der Waals surface area contributed by atoms with Crippen LogP contribution in [-0.2, 0) is 19.3 Å². The molecule has 0 spiro atoms. The van der Waals surface area contributed by atoms with Crippen LogP contribution in [0.5, 0.6) is 0 Å². The van der Waals surface area contributed by atoms with Gasteiger partial charge in [-0.05, 0) is 30.9 Å². The van der Waals surface area contributed by atoms with E-state index < -0.39 is 6.10 Å². The normalized spacial score (nSPS) is 20.0. The fourth-order valence-corrected chi connectivity index (χ4v) is 3.19. The summed E-state index contributed by atoms with van der Waals surface area (Å²) in [5.41, 5.74) is 5.35. The van der Waals surface area contributed by atoms with E-state index in [1.165, 1.54) is 5.56 Å². The summed E-state index contributed by atoms with van der Waals surface area (Å²) in [6.45, 7) is 6.18. The molecule has 0 amide bonds. The maximum Gasteiger partial charge on any atom is 0.148 e. The van der Waals surface area contributed by atoms with Crippen molar-refractivity contribution in [1.29, 1.82) is 0 Å². The van der Waals surface area contributed by atoms with Crippen LogP contribution in [-0.4, -0.2) is 21.2 Å². The van der Waals surface area contributed by atoms with Crippen molar-refractivity contribution in [3.8, 4) is 0 Å². The molecule has 4 nitrogen and oxygen atoms in total. The first-order valence-corrected chi connectivity index (χ1v) is 8.02. The molecule has 0 saturated carbocycles. The third-order valence-corrected chi connectivity index (χ3v) is 4.41. The van der Waals surface area contributed by atoms with Crippen LogP contribution in [0.15, 0.2) is 24.3 Å². The van der Waals surface area contributed by atoms with Gasteiger partial charge in [-0.3, -0.25) is 4.98 Å². The maximum atomic E-state index is 10.4. The summed E-state index contributed by atoms with van der Waals surface area (Å²) in [5, 5.41) is 13.9. The summed E-state index contributed by atoms with van der Waals surface area (Å²) >= 11 is 0. The number of anilines is 1. The van der Waals surface area contributed by atoms with Gasteiger partial charge in [0.25, 0.3) is 0 Å². The molecule has 2 N–H and O–H groups in total. The van der Waals surface area contributed by atoms with Crippen LogP contribution in [0.4, 0.5) is 5.82 Å². The molecule has 1 aliphatic rings. The average molecular weight is 297 g/mol. The van der Waals surface area contributed by atoms with Crippen molar-refractivity contribution in [2.75, 3.05) is 5.32 Å². The highest BCUT2D eigenvalue weighted by molar-refractivity contribution is 5.48. The van der Waals surface area contributed by atoms with Crippen LogP contribution >= 0.6 is 0 Å². The molecular weight excluding hydrogens is 274 g/mol. The van der Waals surface area contributed by atoms with E-state index in [-0.39, 0.29) is 6.04 Å². The number of aromatic nitrogens is 2. The minimum Gasteiger partial charge on any atom is -0.390 e. The molecule has 1 heterocycles. The van der Waals surface area contributed by atoms with Crippen molar-refractivity contribution in [2.45, 2.75) is 52.2 Å². The quantitative estimate of drug-likeness (QED) is 0.911. The number of aliphatic hydroxyl groups excluding tert-OH is 1. The summed E-state index contributed by atoms with van der Waals surface area (Å²) < 4.78 is 0. The number of nitrogens with zero attached hydrogens (tertiary/aromatic N) is 2. The molecule has 0 fully saturated rings. The van der Waals surface area contributed by atoms with Gasteiger partial charge in [0.1, 0.15) is 5.82 Å². The Morgan fingerprint density at radius 2 is 1.86 bits per heavy atom. The van der Waals surface area contributed by atoms with Gasteiger partial charge < -0.3 is 10.4 Å². The highest BCUT2D eigenvalue weighted by atomic mass is 16.3. The first-order valence-electron chi connectivity index (χ1n) is 8.02. The lowest BCUT2D eigenvalue weighted by Gasteiger charge is -2.21. The zero-order chi connectivity index (χ0) is 15.7. The number of fused-ring (bicyclic) bond motifs is 1. The van der Waals surface area contributed by atoms with Crippen molar-refractivity contribution in [1.82, 2.24) is 9.97 Å². The number of hydrogen-bond donors (Lipinski definition) is 2. The molecule has 1 aromatic carbocycles. The van der Waals surface area contributed by atoms with Gasteiger partial charge in [0.2, 0.25) is 0 Å². The van der Waals surface area contributed by atoms with Gasteiger partial charge in [-0.25, -0.2) is 4.98 Å². The Bertz CT molecular complexity index is 684. The monoisotopic (exact) mass is 297 g/mol. The number of aliphatic hydroxyl groups is 1. The van der Waals surface area contributed by atoms with E-state index in [0.717, 1.165) is 41.3 Å². The Labute approximate surface area is 131 Å². The van der Waals surface area contributed by atoms with Gasteiger partial charge in [-0.15, -0.1) is 0 Å². The van der Waals surface area contributed by atoms with E-state index in [4.69, 9.17) is 4.98 Å². The third kappa shape index (κ3) is 2.59. The molecule has 3 rings (SSSR count). The van der Waals surface area contributed by atoms with Gasteiger partial charge in [0.15, 0.2) is 0 Å². The minimum absolute atomic E-state index is 0.108. The lowest BCUT2D eigenvalue weighted by Crippen LogP contribution is -2.23. The second-order valence-corrected chi connectivity index (χ2v) is 5.85. The molecule has 116 valence electrons. The Balaban J connectivity index is 1.96. The Hall–Kier alpha value is -1.94. The van der Waals surface area contributed by atoms with Crippen molar-refractivity contribution in [3.05, 3.63) is 52.5 Å². The first-order chi connectivity index (χ1) is 10.6. The largest absolute Gasteiger partial charge is 0.390 e. The van der Waals surface area contributed by atoms with E-state index in [1.54, 1.807) is 0 Å². The van der Waals surface area contributed by atoms with Crippen molar-refractivity contribution in [2.24, 2.45) is 0 Å². The molecule has 4 heteroatoms. The number of rotatable bonds is 4. The van der Waals surface area contributed by atoms with E-state index in [2.05, 4.69) is 36.3 Å². The summed E-state index contributed by atoms with van der Waals surface area (Å²) in [4.78, 5) is 9.43. The van der Waals surface area contributed by atoms with Gasteiger partial charge >= 0.3 is 0 Å². The molecule has 0 unspecified atom stereocenters. The highest BCUT2D eigenvalue weighted by Gasteiger charge is 2.31. The molecule has 0 radical (unpaired) electrons. The zero-order valence-corrected chi connectivity index (χ0v) is 13.4. The van der Waals surface area contributed by atoms with Crippen molar-refractivity contribution in [3.63, 3.8) is 0 Å². The first kappa shape index (κ1) is 15.0. The van der Waals surface area contributed by atoms with Crippen LogP contribution in [0.2, 0.25) is 0 Å². The van der Waals surface area contributed by atoms with Gasteiger partial charge in [-0.1, -0.05) is 38.1 Å². The second kappa shape index (κ2) is 6.05. The lowest BCUT2D eigenvalue weighted by atomic mass is 10.1. The molecule has 0 saturated heterocycles. The van der Waals surface area contributed by atoms with Crippen LogP contribution < -0.4 is 5.32 Å². The fraction of sp³-hybridized carbons (Fsp3) is 0.444. The molecular formula is C18H23N3O. The molecule has 22 heavy (non-hydrogen) atoms. The topological polar surface area (TPSA) is 58.0 Å². The molecule has 1 aromatic heterocycles. The lowest BCUT2D eigenvalue weighted by molar-refractivity contribution is 0.165. The molecule has 2 aromatic rings. The zero-order valence-electron chi connectivity index (χ0n) is 13.4. The summed E-state index contributed by atoms with van der Waals surface area (Å²) in [6.07, 6.45) is 1.96. The summed E-state index contributed by atoms with van der Waals surface area (Å²) in [5.74, 6) is 0.811. The molecule has 1 aliphatic carbocycles. The SMILES string of the molecule is CCc1nc(N[C@@H]2c3ccccc3C[C@@H]2O)c(CC)nc1C. The molecule has 0 aliphatic heterocycles. The van der Waals surface area contributed by atoms with Crippen LogP contribution in [0.1, 0.15) is 48.1 Å². The summed E-state index contributed by atoms with van der Waals surface area (Å²) in [7, 11) is 0. The minimum atomic E-state index is -0.421. The standard InChI is InChI=1S/C18H23N3O/c1-4-14-11(3)19-15(5-2)18(20-14)21-17-13-9-7-6-8-12(13)10-16(17)22/h6-9,16-17,22H,4-5,10H2,1-3H3,(H,20,21)/t16-,17+/m0/s1. The maximum absolute atomic E-state index is 10.4. The van der Waals surface area contributed by atoms with Gasteiger partial charge in [0.05, 0.1) is 29.2 Å². The number of benzene rings is 1. The average Bonchev–Trinajstić information content (AvgIpc) is 2.84. The predicted octanol–water partition coefficient (Wildman–Crippen LogP) is 2.98. The van der Waals surface area contributed by atoms with Crippen LogP contribution in [0.25, 0.3) is 0 Å². The Kier molecular flexibility index (Phi) is 4.12. The van der Waals surface area contributed by atoms with Crippen LogP contribution in [0, 0.1) is 6.92 Å². The molecule has 2 atom stereocenters. The Morgan fingerprint density at radius 3 is 2.59 bits per heavy atom. The van der Waals surface area contributed by atoms with Crippen molar-refractivity contribution >= 4 is 5.82 Å². The third-order valence-electron chi connectivity index (χ3n) is 4.41. The smallest absolute Gasteiger partial charge is 0.148 e. The van der Waals surface area contributed by atoms with Crippen molar-refractivity contribution < 1.29 is 5.11 Å². The van der Waals surface area contributed by atoms with E-state index in [0.29, 0.717) is 6.42 Å². The van der Waals surface area contributed by atoms with Crippen LogP contribution in [0.3, 0.4) is 0 Å². The number of hydrogen-bond acceptors (Lipinski definition) is 4. The predicted molar refractivity (Wildman–Crippen MR) is 88.0 cm³/mol. The molecule has 0 bridgehead atoms. The highest BCUT2D eigenvalue weighted by Crippen LogP contribution is 2.34. The van der Waals surface area contributed by atoms with E-state index >= 15 is 0 Å². The number of nitrogens with one attached hydrogen (secondary N) is 1. The van der Waals surface area contributed by atoms with E-state index in [1.807, 2.05) is 19.1 Å². The van der Waals surface area contributed by atoms with Gasteiger partial charge in [0, 0.05) is 6.42 Å². The fourth-order valence-electron chi connectivity index (χ4n) is 3.19. The second-order valence-electron chi connectivity index (χ2n) is 5.85.